The van der Waals surface area contributed by atoms with E-state index in [0.717, 1.165) is 11.5 Å². The van der Waals surface area contributed by atoms with Crippen LogP contribution in [0, 0.1) is 0 Å². The van der Waals surface area contributed by atoms with Gasteiger partial charge in [0.05, 0.1) is 5.60 Å². The second kappa shape index (κ2) is 6.36. The summed E-state index contributed by atoms with van der Waals surface area (Å²) in [5.41, 5.74) is -0.828. The maximum atomic E-state index is 11.8. The molecule has 0 saturated carbocycles. The third-order valence-electron chi connectivity index (χ3n) is 2.49. The Morgan fingerprint density at radius 3 is 2.67 bits per heavy atom. The van der Waals surface area contributed by atoms with Crippen molar-refractivity contribution in [1.29, 1.82) is 0 Å². The molecule has 0 aliphatic carbocycles. The maximum Gasteiger partial charge on any atom is 0.287 e. The summed E-state index contributed by atoms with van der Waals surface area (Å²) in [6.07, 6.45) is 0. The number of carbonyl (C=O) groups is 1. The summed E-state index contributed by atoms with van der Waals surface area (Å²) < 4.78 is 5.68. The summed E-state index contributed by atoms with van der Waals surface area (Å²) in [6.45, 7) is 0.254. The summed E-state index contributed by atoms with van der Waals surface area (Å²) in [5.74, 6) is 3.36. The van der Waals surface area contributed by atoms with Crippen molar-refractivity contribution in [3.05, 3.63) is 22.6 Å². The first-order valence-electron chi connectivity index (χ1n) is 5.50. The molecule has 18 heavy (non-hydrogen) atoms. The van der Waals surface area contributed by atoms with E-state index in [0.29, 0.717) is 16.2 Å². The Hall–Kier alpha value is -0.110. The van der Waals surface area contributed by atoms with Crippen molar-refractivity contribution in [2.45, 2.75) is 5.60 Å². The van der Waals surface area contributed by atoms with Gasteiger partial charge in [0.15, 0.2) is 10.4 Å². The van der Waals surface area contributed by atoms with Gasteiger partial charge in [0.1, 0.15) is 0 Å². The van der Waals surface area contributed by atoms with Crippen LogP contribution in [0.25, 0.3) is 0 Å². The highest BCUT2D eigenvalue weighted by molar-refractivity contribution is 9.10. The van der Waals surface area contributed by atoms with E-state index in [2.05, 4.69) is 21.2 Å². The van der Waals surface area contributed by atoms with Crippen LogP contribution in [0.5, 0.6) is 0 Å². The van der Waals surface area contributed by atoms with Gasteiger partial charge >= 0.3 is 0 Å². The number of carbonyl (C=O) groups excluding carboxylic acids is 1. The standard InChI is InChI=1S/C11H14BrNO3S2/c12-9-2-1-8(16-9)10(14)13-5-11(15)6-17-3-4-18-7-11/h1-2,15H,3-7H2,(H,13,14). The molecule has 100 valence electrons. The monoisotopic (exact) mass is 351 g/mol. The summed E-state index contributed by atoms with van der Waals surface area (Å²) in [5, 5.41) is 13.1. The van der Waals surface area contributed by atoms with E-state index in [9.17, 15) is 9.90 Å². The molecule has 1 aromatic rings. The van der Waals surface area contributed by atoms with Crippen LogP contribution in [0.3, 0.4) is 0 Å². The van der Waals surface area contributed by atoms with Crippen LogP contribution in [0.1, 0.15) is 10.6 Å². The molecule has 2 rings (SSSR count). The van der Waals surface area contributed by atoms with Crippen LogP contribution in [0.4, 0.5) is 0 Å². The molecule has 1 amide bonds. The largest absolute Gasteiger partial charge is 0.444 e. The number of aliphatic hydroxyl groups is 1. The molecule has 0 unspecified atom stereocenters. The van der Waals surface area contributed by atoms with Gasteiger partial charge in [-0.3, -0.25) is 4.79 Å². The Morgan fingerprint density at radius 1 is 1.44 bits per heavy atom. The third kappa shape index (κ3) is 3.94. The fourth-order valence-electron chi connectivity index (χ4n) is 1.55. The Morgan fingerprint density at radius 2 is 2.11 bits per heavy atom. The number of hydrogen-bond acceptors (Lipinski definition) is 5. The molecule has 2 N–H and O–H groups in total. The predicted octanol–water partition coefficient (Wildman–Crippen LogP) is 1.98. The topological polar surface area (TPSA) is 62.5 Å². The minimum atomic E-state index is -0.828. The quantitative estimate of drug-likeness (QED) is 0.871. The van der Waals surface area contributed by atoms with Crippen LogP contribution in [-0.4, -0.2) is 46.2 Å². The lowest BCUT2D eigenvalue weighted by atomic mass is 10.1. The van der Waals surface area contributed by atoms with Crippen LogP contribution in [0.2, 0.25) is 0 Å². The zero-order valence-corrected chi connectivity index (χ0v) is 12.9. The van der Waals surface area contributed by atoms with Crippen LogP contribution in [-0.2, 0) is 0 Å². The first-order chi connectivity index (χ1) is 8.59. The molecule has 0 atom stereocenters. The lowest BCUT2D eigenvalue weighted by Gasteiger charge is -2.25. The zero-order chi connectivity index (χ0) is 13.0. The number of amides is 1. The lowest BCUT2D eigenvalue weighted by Crippen LogP contribution is -2.46. The van der Waals surface area contributed by atoms with Gasteiger partial charge < -0.3 is 14.8 Å². The van der Waals surface area contributed by atoms with Crippen molar-refractivity contribution in [3.63, 3.8) is 0 Å². The first kappa shape index (κ1) is 14.3. The number of halogens is 1. The second-order valence-electron chi connectivity index (χ2n) is 4.12. The van der Waals surface area contributed by atoms with Gasteiger partial charge in [0, 0.05) is 29.6 Å². The molecule has 1 saturated heterocycles. The number of hydrogen-bond donors (Lipinski definition) is 2. The van der Waals surface area contributed by atoms with E-state index in [1.165, 1.54) is 0 Å². The maximum absolute atomic E-state index is 11.8. The Balaban J connectivity index is 1.88. The van der Waals surface area contributed by atoms with E-state index in [1.54, 1.807) is 35.7 Å². The van der Waals surface area contributed by atoms with Crippen molar-refractivity contribution < 1.29 is 14.3 Å². The van der Waals surface area contributed by atoms with Gasteiger partial charge in [0.2, 0.25) is 0 Å². The third-order valence-corrected chi connectivity index (χ3v) is 5.64. The molecule has 7 heteroatoms. The average molecular weight is 352 g/mol. The predicted molar refractivity (Wildman–Crippen MR) is 78.3 cm³/mol. The highest BCUT2D eigenvalue weighted by atomic mass is 79.9. The normalized spacial score (nSPS) is 19.2. The summed E-state index contributed by atoms with van der Waals surface area (Å²) in [6, 6.07) is 3.26. The van der Waals surface area contributed by atoms with Crippen molar-refractivity contribution in [2.24, 2.45) is 0 Å². The second-order valence-corrected chi connectivity index (χ2v) is 7.11. The van der Waals surface area contributed by atoms with Crippen molar-refractivity contribution in [1.82, 2.24) is 5.32 Å². The first-order valence-corrected chi connectivity index (χ1v) is 8.61. The number of furan rings is 1. The molecule has 1 aromatic heterocycles. The van der Waals surface area contributed by atoms with Gasteiger partial charge in [-0.1, -0.05) is 0 Å². The molecule has 2 heterocycles. The van der Waals surface area contributed by atoms with Crippen LogP contribution < -0.4 is 5.32 Å². The summed E-state index contributed by atoms with van der Waals surface area (Å²) in [7, 11) is 0. The SMILES string of the molecule is O=C(NCC1(O)CSCCSC1)c1ccc(Br)o1. The van der Waals surface area contributed by atoms with E-state index in [1.807, 2.05) is 0 Å². The van der Waals surface area contributed by atoms with Crippen LogP contribution in [0.15, 0.2) is 21.2 Å². The molecule has 0 spiro atoms. The number of rotatable bonds is 3. The van der Waals surface area contributed by atoms with Gasteiger partial charge in [-0.2, -0.15) is 23.5 Å². The molecule has 0 bridgehead atoms. The summed E-state index contributed by atoms with van der Waals surface area (Å²) in [4.78, 5) is 11.8. The van der Waals surface area contributed by atoms with E-state index >= 15 is 0 Å². The van der Waals surface area contributed by atoms with Gasteiger partial charge in [-0.05, 0) is 28.1 Å². The molecular formula is C11H14BrNO3S2. The number of thioether (sulfide) groups is 2. The molecular weight excluding hydrogens is 338 g/mol. The Kier molecular flexibility index (Phi) is 5.06. The van der Waals surface area contributed by atoms with Crippen molar-refractivity contribution >= 4 is 45.4 Å². The fraction of sp³-hybridized carbons (Fsp3) is 0.545. The molecule has 0 aromatic carbocycles. The molecule has 0 radical (unpaired) electrons. The highest BCUT2D eigenvalue weighted by Crippen LogP contribution is 2.24. The van der Waals surface area contributed by atoms with E-state index in [4.69, 9.17) is 4.42 Å². The minimum absolute atomic E-state index is 0.249. The van der Waals surface area contributed by atoms with Gasteiger partial charge in [-0.25, -0.2) is 0 Å². The van der Waals surface area contributed by atoms with Gasteiger partial charge in [0.25, 0.3) is 5.91 Å². The molecule has 1 aliphatic heterocycles. The molecule has 1 fully saturated rings. The van der Waals surface area contributed by atoms with Crippen molar-refractivity contribution in [3.8, 4) is 0 Å². The zero-order valence-electron chi connectivity index (χ0n) is 9.65. The van der Waals surface area contributed by atoms with E-state index in [-0.39, 0.29) is 18.2 Å². The smallest absolute Gasteiger partial charge is 0.287 e. The molecule has 1 aliphatic rings. The average Bonchev–Trinajstić information content (AvgIpc) is 2.66. The minimum Gasteiger partial charge on any atom is -0.444 e. The fourth-order valence-corrected chi connectivity index (χ4v) is 4.39. The Bertz CT molecular complexity index is 416. The number of nitrogens with one attached hydrogen (secondary N) is 1. The lowest BCUT2D eigenvalue weighted by molar-refractivity contribution is 0.0736. The van der Waals surface area contributed by atoms with Gasteiger partial charge in [-0.15, -0.1) is 0 Å². The van der Waals surface area contributed by atoms with E-state index < -0.39 is 5.60 Å². The van der Waals surface area contributed by atoms with Crippen LogP contribution >= 0.6 is 39.5 Å². The Labute approximate surface area is 122 Å². The summed E-state index contributed by atoms with van der Waals surface area (Å²) >= 11 is 6.59. The highest BCUT2D eigenvalue weighted by Gasteiger charge is 2.29. The van der Waals surface area contributed by atoms with Crippen molar-refractivity contribution in [2.75, 3.05) is 29.6 Å². The molecule has 4 nitrogen and oxygen atoms in total.